The normalized spacial score (nSPS) is 12.1. The van der Waals surface area contributed by atoms with Gasteiger partial charge in [0.2, 0.25) is 0 Å². The van der Waals surface area contributed by atoms with Crippen LogP contribution in [0, 0.1) is 13.8 Å². The highest BCUT2D eigenvalue weighted by Crippen LogP contribution is 2.14. The number of hydrogen-bond acceptors (Lipinski definition) is 2. The Kier molecular flexibility index (Phi) is 3.55. The second-order valence-corrected chi connectivity index (χ2v) is 5.07. The monoisotopic (exact) mass is 209 g/mol. The van der Waals surface area contributed by atoms with Crippen molar-refractivity contribution in [2.75, 3.05) is 0 Å². The Labute approximate surface area is 92.9 Å². The lowest BCUT2D eigenvalue weighted by atomic mass is 10.1. The molecule has 0 bridgehead atoms. The predicted octanol–water partition coefficient (Wildman–Crippen LogP) is 2.41. The molecule has 0 saturated heterocycles. The molecule has 86 valence electrons. The van der Waals surface area contributed by atoms with Crippen LogP contribution in [0.25, 0.3) is 0 Å². The first-order chi connectivity index (χ1) is 6.85. The molecule has 1 rings (SSSR count). The maximum Gasteiger partial charge on any atom is 0.0641 e. The van der Waals surface area contributed by atoms with E-state index in [9.17, 15) is 0 Å². The van der Waals surface area contributed by atoms with Crippen LogP contribution in [0.2, 0.25) is 0 Å². The molecule has 3 nitrogen and oxygen atoms in total. The third-order valence-corrected chi connectivity index (χ3v) is 2.63. The van der Waals surface area contributed by atoms with Gasteiger partial charge in [0.25, 0.3) is 0 Å². The van der Waals surface area contributed by atoms with Gasteiger partial charge in [-0.1, -0.05) is 0 Å². The van der Waals surface area contributed by atoms with Crippen LogP contribution in [0.15, 0.2) is 0 Å². The summed E-state index contributed by atoms with van der Waals surface area (Å²) in [6.45, 7) is 14.7. The molecule has 0 amide bonds. The average Bonchev–Trinajstić information content (AvgIpc) is 2.37. The van der Waals surface area contributed by atoms with E-state index in [-0.39, 0.29) is 5.54 Å². The Hall–Kier alpha value is -0.830. The number of nitrogens with one attached hydrogen (secondary N) is 1. The topological polar surface area (TPSA) is 29.9 Å². The highest BCUT2D eigenvalue weighted by atomic mass is 15.3. The summed E-state index contributed by atoms with van der Waals surface area (Å²) in [5.41, 5.74) is 3.93. The van der Waals surface area contributed by atoms with Crippen LogP contribution in [0.3, 0.4) is 0 Å². The molecular weight excluding hydrogens is 186 g/mol. The zero-order valence-corrected chi connectivity index (χ0v) is 10.8. The molecule has 0 saturated carbocycles. The molecule has 1 aromatic rings. The van der Waals surface area contributed by atoms with E-state index in [1.807, 2.05) is 0 Å². The summed E-state index contributed by atoms with van der Waals surface area (Å²) in [5.74, 6) is 0. The number of nitrogens with zero attached hydrogens (tertiary/aromatic N) is 2. The quantitative estimate of drug-likeness (QED) is 0.828. The molecule has 0 aliphatic rings. The van der Waals surface area contributed by atoms with Crippen LogP contribution in [0.5, 0.6) is 0 Å². The standard InChI is InChI=1S/C12H23N3/c1-7-15-10(3)11(9(2)14-15)8-13-12(4,5)6/h13H,7-8H2,1-6H3. The van der Waals surface area contributed by atoms with Crippen molar-refractivity contribution in [2.24, 2.45) is 0 Å². The first kappa shape index (κ1) is 12.2. The second kappa shape index (κ2) is 4.35. The summed E-state index contributed by atoms with van der Waals surface area (Å²) in [4.78, 5) is 0. The van der Waals surface area contributed by atoms with Crippen molar-refractivity contribution in [3.8, 4) is 0 Å². The Morgan fingerprint density at radius 3 is 2.27 bits per heavy atom. The molecular formula is C12H23N3. The van der Waals surface area contributed by atoms with Crippen molar-refractivity contribution < 1.29 is 0 Å². The molecule has 0 spiro atoms. The van der Waals surface area contributed by atoms with Gasteiger partial charge in [-0.15, -0.1) is 0 Å². The SMILES string of the molecule is CCn1nc(C)c(CNC(C)(C)C)c1C. The van der Waals surface area contributed by atoms with E-state index >= 15 is 0 Å². The Balaban J connectivity index is 2.81. The lowest BCUT2D eigenvalue weighted by molar-refractivity contribution is 0.423. The smallest absolute Gasteiger partial charge is 0.0641 e. The van der Waals surface area contributed by atoms with Crippen LogP contribution >= 0.6 is 0 Å². The van der Waals surface area contributed by atoms with Gasteiger partial charge in [-0.3, -0.25) is 4.68 Å². The molecule has 0 aliphatic heterocycles. The zero-order valence-electron chi connectivity index (χ0n) is 10.8. The van der Waals surface area contributed by atoms with E-state index < -0.39 is 0 Å². The Morgan fingerprint density at radius 1 is 1.27 bits per heavy atom. The van der Waals surface area contributed by atoms with Crippen molar-refractivity contribution in [2.45, 2.75) is 60.2 Å². The molecule has 0 aromatic carbocycles. The zero-order chi connectivity index (χ0) is 11.6. The van der Waals surface area contributed by atoms with Gasteiger partial charge in [0.1, 0.15) is 0 Å². The van der Waals surface area contributed by atoms with Gasteiger partial charge in [-0.2, -0.15) is 5.10 Å². The van der Waals surface area contributed by atoms with E-state index in [1.54, 1.807) is 0 Å². The predicted molar refractivity (Wildman–Crippen MR) is 64.0 cm³/mol. The maximum atomic E-state index is 4.51. The van der Waals surface area contributed by atoms with E-state index in [4.69, 9.17) is 0 Å². The van der Waals surface area contributed by atoms with E-state index in [1.165, 1.54) is 11.3 Å². The fourth-order valence-electron chi connectivity index (χ4n) is 1.65. The van der Waals surface area contributed by atoms with Crippen molar-refractivity contribution >= 4 is 0 Å². The summed E-state index contributed by atoms with van der Waals surface area (Å²) in [7, 11) is 0. The van der Waals surface area contributed by atoms with E-state index in [0.717, 1.165) is 18.8 Å². The molecule has 1 heterocycles. The molecule has 1 N–H and O–H groups in total. The van der Waals surface area contributed by atoms with E-state index in [0.29, 0.717) is 0 Å². The number of aryl methyl sites for hydroxylation is 2. The molecule has 0 aliphatic carbocycles. The lowest BCUT2D eigenvalue weighted by Gasteiger charge is -2.20. The molecule has 0 atom stereocenters. The summed E-state index contributed by atoms with van der Waals surface area (Å²) in [5, 5.41) is 8.01. The highest BCUT2D eigenvalue weighted by molar-refractivity contribution is 5.24. The van der Waals surface area contributed by atoms with Crippen molar-refractivity contribution in [3.63, 3.8) is 0 Å². The fourth-order valence-corrected chi connectivity index (χ4v) is 1.65. The van der Waals surface area contributed by atoms with Crippen LogP contribution in [-0.4, -0.2) is 15.3 Å². The number of aromatic nitrogens is 2. The molecule has 0 unspecified atom stereocenters. The van der Waals surface area contributed by atoms with Gasteiger partial charge in [-0.05, 0) is 41.5 Å². The van der Waals surface area contributed by atoms with Gasteiger partial charge in [-0.25, -0.2) is 0 Å². The largest absolute Gasteiger partial charge is 0.308 e. The molecule has 0 radical (unpaired) electrons. The number of hydrogen-bond donors (Lipinski definition) is 1. The van der Waals surface area contributed by atoms with Crippen molar-refractivity contribution in [1.82, 2.24) is 15.1 Å². The van der Waals surface area contributed by atoms with Gasteiger partial charge < -0.3 is 5.32 Å². The third-order valence-electron chi connectivity index (χ3n) is 2.63. The van der Waals surface area contributed by atoms with Gasteiger partial charge in [0.05, 0.1) is 5.69 Å². The van der Waals surface area contributed by atoms with Crippen LogP contribution in [-0.2, 0) is 13.1 Å². The summed E-state index contributed by atoms with van der Waals surface area (Å²) in [6, 6.07) is 0. The summed E-state index contributed by atoms with van der Waals surface area (Å²) < 4.78 is 2.06. The maximum absolute atomic E-state index is 4.51. The average molecular weight is 209 g/mol. The minimum absolute atomic E-state index is 0.160. The van der Waals surface area contributed by atoms with Crippen LogP contribution < -0.4 is 5.32 Å². The van der Waals surface area contributed by atoms with Gasteiger partial charge >= 0.3 is 0 Å². The minimum Gasteiger partial charge on any atom is -0.308 e. The first-order valence-electron chi connectivity index (χ1n) is 5.63. The van der Waals surface area contributed by atoms with E-state index in [2.05, 4.69) is 56.6 Å². The molecule has 0 fully saturated rings. The fraction of sp³-hybridized carbons (Fsp3) is 0.750. The first-order valence-corrected chi connectivity index (χ1v) is 5.63. The lowest BCUT2D eigenvalue weighted by Crippen LogP contribution is -2.35. The Morgan fingerprint density at radius 2 is 1.87 bits per heavy atom. The number of rotatable bonds is 3. The van der Waals surface area contributed by atoms with Gasteiger partial charge in [0, 0.05) is 29.9 Å². The highest BCUT2D eigenvalue weighted by Gasteiger charge is 2.14. The third kappa shape index (κ3) is 3.06. The summed E-state index contributed by atoms with van der Waals surface area (Å²) >= 11 is 0. The molecule has 3 heteroatoms. The molecule has 1 aromatic heterocycles. The van der Waals surface area contributed by atoms with Crippen molar-refractivity contribution in [3.05, 3.63) is 17.0 Å². The molecule has 15 heavy (non-hydrogen) atoms. The van der Waals surface area contributed by atoms with Crippen LogP contribution in [0.4, 0.5) is 0 Å². The second-order valence-electron chi connectivity index (χ2n) is 5.07. The summed E-state index contributed by atoms with van der Waals surface area (Å²) in [6.07, 6.45) is 0. The van der Waals surface area contributed by atoms with Crippen molar-refractivity contribution in [1.29, 1.82) is 0 Å². The van der Waals surface area contributed by atoms with Crippen LogP contribution in [0.1, 0.15) is 44.6 Å². The van der Waals surface area contributed by atoms with Gasteiger partial charge in [0.15, 0.2) is 0 Å². The Bertz CT molecular complexity index is 331. The minimum atomic E-state index is 0.160.